The Labute approximate surface area is 118 Å². The maximum Gasteiger partial charge on any atom is 0.282 e. The van der Waals surface area contributed by atoms with Gasteiger partial charge in [0.25, 0.3) is 5.91 Å². The van der Waals surface area contributed by atoms with Crippen molar-refractivity contribution in [2.75, 3.05) is 32.5 Å². The van der Waals surface area contributed by atoms with Crippen LogP contribution in [0.3, 0.4) is 0 Å². The summed E-state index contributed by atoms with van der Waals surface area (Å²) in [6, 6.07) is 0. The second-order valence-corrected chi connectivity index (χ2v) is 6.21. The van der Waals surface area contributed by atoms with Gasteiger partial charge in [0.1, 0.15) is 0 Å². The second kappa shape index (κ2) is 6.81. The lowest BCUT2D eigenvalue weighted by molar-refractivity contribution is 0.0918. The van der Waals surface area contributed by atoms with E-state index in [2.05, 4.69) is 46.5 Å². The molecule has 0 aliphatic rings. The average Bonchev–Trinajstić information content (AvgIpc) is 2.82. The molecule has 0 spiro atoms. The van der Waals surface area contributed by atoms with Crippen molar-refractivity contribution in [3.05, 3.63) is 5.01 Å². The van der Waals surface area contributed by atoms with E-state index in [1.807, 2.05) is 14.1 Å². The predicted molar refractivity (Wildman–Crippen MR) is 78.8 cm³/mol. The lowest BCUT2D eigenvalue weighted by Crippen LogP contribution is -2.48. The molecule has 0 fully saturated rings. The van der Waals surface area contributed by atoms with Gasteiger partial charge < -0.3 is 15.5 Å². The first kappa shape index (κ1) is 15.8. The number of carbonyl (C=O) groups is 1. The molecule has 1 rings (SSSR count). The van der Waals surface area contributed by atoms with E-state index in [1.54, 1.807) is 0 Å². The summed E-state index contributed by atoms with van der Waals surface area (Å²) < 4.78 is 0. The Morgan fingerprint density at radius 1 is 1.37 bits per heavy atom. The third-order valence-electron chi connectivity index (χ3n) is 3.04. The molecule has 0 atom stereocenters. The van der Waals surface area contributed by atoms with Crippen molar-refractivity contribution < 1.29 is 4.79 Å². The molecule has 0 aliphatic carbocycles. The van der Waals surface area contributed by atoms with E-state index in [0.29, 0.717) is 16.7 Å². The van der Waals surface area contributed by atoms with E-state index in [9.17, 15) is 4.79 Å². The SMILES string of the molecule is CCCNc1nnc(C(=O)NCC(C)(C)N(C)C)s1. The summed E-state index contributed by atoms with van der Waals surface area (Å²) in [5, 5.41) is 14.9. The van der Waals surface area contributed by atoms with Gasteiger partial charge in [0.15, 0.2) is 0 Å². The largest absolute Gasteiger partial charge is 0.360 e. The van der Waals surface area contributed by atoms with Crippen molar-refractivity contribution in [1.82, 2.24) is 20.4 Å². The number of hydrogen-bond donors (Lipinski definition) is 2. The van der Waals surface area contributed by atoms with Gasteiger partial charge in [-0.1, -0.05) is 18.3 Å². The molecule has 1 aromatic heterocycles. The lowest BCUT2D eigenvalue weighted by atomic mass is 10.0. The Bertz CT molecular complexity index is 416. The van der Waals surface area contributed by atoms with Crippen LogP contribution in [-0.4, -0.2) is 53.7 Å². The van der Waals surface area contributed by atoms with Crippen molar-refractivity contribution in [3.8, 4) is 0 Å². The number of hydrogen-bond acceptors (Lipinski definition) is 6. The van der Waals surface area contributed by atoms with Crippen molar-refractivity contribution in [1.29, 1.82) is 0 Å². The molecule has 0 aliphatic heterocycles. The van der Waals surface area contributed by atoms with Crippen LogP contribution in [0.2, 0.25) is 0 Å². The maximum absolute atomic E-state index is 12.0. The molecule has 6 nitrogen and oxygen atoms in total. The molecule has 7 heteroatoms. The van der Waals surface area contributed by atoms with Crippen molar-refractivity contribution in [2.24, 2.45) is 0 Å². The van der Waals surface area contributed by atoms with Crippen molar-refractivity contribution >= 4 is 22.4 Å². The number of rotatable bonds is 7. The van der Waals surface area contributed by atoms with Gasteiger partial charge in [0.2, 0.25) is 10.1 Å². The first-order valence-electron chi connectivity index (χ1n) is 6.40. The van der Waals surface area contributed by atoms with E-state index in [-0.39, 0.29) is 11.4 Å². The fourth-order valence-corrected chi connectivity index (χ4v) is 1.83. The molecule has 0 bridgehead atoms. The van der Waals surface area contributed by atoms with Crippen LogP contribution in [0.5, 0.6) is 0 Å². The third kappa shape index (κ3) is 4.76. The van der Waals surface area contributed by atoms with E-state index in [1.165, 1.54) is 11.3 Å². The van der Waals surface area contributed by atoms with Crippen LogP contribution in [0.4, 0.5) is 5.13 Å². The van der Waals surface area contributed by atoms with Crippen LogP contribution in [0.1, 0.15) is 37.0 Å². The van der Waals surface area contributed by atoms with Gasteiger partial charge in [-0.3, -0.25) is 4.79 Å². The molecule has 0 saturated heterocycles. The molecule has 1 amide bonds. The van der Waals surface area contributed by atoms with Gasteiger partial charge in [-0.05, 0) is 34.4 Å². The van der Waals surface area contributed by atoms with E-state index in [0.717, 1.165) is 13.0 Å². The highest BCUT2D eigenvalue weighted by atomic mass is 32.1. The topological polar surface area (TPSA) is 70.1 Å². The zero-order chi connectivity index (χ0) is 14.5. The van der Waals surface area contributed by atoms with Crippen LogP contribution >= 0.6 is 11.3 Å². The first-order valence-corrected chi connectivity index (χ1v) is 7.21. The number of likely N-dealkylation sites (N-methyl/N-ethyl adjacent to an activating group) is 1. The van der Waals surface area contributed by atoms with Crippen molar-refractivity contribution in [2.45, 2.75) is 32.7 Å². The molecule has 0 aromatic carbocycles. The minimum absolute atomic E-state index is 0.0936. The lowest BCUT2D eigenvalue weighted by Gasteiger charge is -2.32. The zero-order valence-electron chi connectivity index (χ0n) is 12.3. The van der Waals surface area contributed by atoms with Gasteiger partial charge >= 0.3 is 0 Å². The number of nitrogens with zero attached hydrogens (tertiary/aromatic N) is 3. The molecule has 0 radical (unpaired) electrons. The number of nitrogens with one attached hydrogen (secondary N) is 2. The van der Waals surface area contributed by atoms with Crippen LogP contribution < -0.4 is 10.6 Å². The Morgan fingerprint density at radius 3 is 2.63 bits per heavy atom. The summed E-state index contributed by atoms with van der Waals surface area (Å²) in [7, 11) is 3.98. The Balaban J connectivity index is 2.52. The third-order valence-corrected chi connectivity index (χ3v) is 3.92. The van der Waals surface area contributed by atoms with Crippen LogP contribution in [-0.2, 0) is 0 Å². The molecule has 0 saturated carbocycles. The van der Waals surface area contributed by atoms with Crippen LogP contribution in [0.25, 0.3) is 0 Å². The molecule has 0 unspecified atom stereocenters. The number of carbonyl (C=O) groups excluding carboxylic acids is 1. The highest BCUT2D eigenvalue weighted by molar-refractivity contribution is 7.17. The summed E-state index contributed by atoms with van der Waals surface area (Å²) in [5.74, 6) is -0.169. The summed E-state index contributed by atoms with van der Waals surface area (Å²) in [6.45, 7) is 7.62. The average molecular weight is 285 g/mol. The van der Waals surface area contributed by atoms with Gasteiger partial charge in [-0.25, -0.2) is 0 Å². The number of anilines is 1. The quantitative estimate of drug-likeness (QED) is 0.793. The molecule has 108 valence electrons. The zero-order valence-corrected chi connectivity index (χ0v) is 13.1. The molecular formula is C12H23N5OS. The second-order valence-electron chi connectivity index (χ2n) is 5.23. The van der Waals surface area contributed by atoms with Gasteiger partial charge in [0, 0.05) is 18.6 Å². The van der Waals surface area contributed by atoms with E-state index < -0.39 is 0 Å². The summed E-state index contributed by atoms with van der Waals surface area (Å²) in [4.78, 5) is 14.0. The number of aromatic nitrogens is 2. The smallest absolute Gasteiger partial charge is 0.282 e. The molecule has 19 heavy (non-hydrogen) atoms. The fourth-order valence-electron chi connectivity index (χ4n) is 1.15. The monoisotopic (exact) mass is 285 g/mol. The Kier molecular flexibility index (Phi) is 5.68. The summed E-state index contributed by atoms with van der Waals surface area (Å²) in [6.07, 6.45) is 1.01. The summed E-state index contributed by atoms with van der Waals surface area (Å²) >= 11 is 1.28. The molecular weight excluding hydrogens is 262 g/mol. The summed E-state index contributed by atoms with van der Waals surface area (Å²) in [5.41, 5.74) is -0.0936. The Morgan fingerprint density at radius 2 is 2.05 bits per heavy atom. The standard InChI is InChI=1S/C12H23N5OS/c1-6-7-13-11-16-15-10(19-11)9(18)14-8-12(2,3)17(4)5/h6-8H2,1-5H3,(H,13,16)(H,14,18). The highest BCUT2D eigenvalue weighted by Gasteiger charge is 2.22. The normalized spacial score (nSPS) is 11.7. The van der Waals surface area contributed by atoms with Gasteiger partial charge in [0.05, 0.1) is 0 Å². The fraction of sp³-hybridized carbons (Fsp3) is 0.750. The number of amides is 1. The minimum atomic E-state index is -0.169. The minimum Gasteiger partial charge on any atom is -0.360 e. The van der Waals surface area contributed by atoms with Gasteiger partial charge in [-0.2, -0.15) is 0 Å². The first-order chi connectivity index (χ1) is 8.86. The maximum atomic E-state index is 12.0. The Hall–Kier alpha value is -1.21. The van der Waals surface area contributed by atoms with Crippen LogP contribution in [0, 0.1) is 0 Å². The predicted octanol–water partition coefficient (Wildman–Crippen LogP) is 1.43. The van der Waals surface area contributed by atoms with Gasteiger partial charge in [-0.15, -0.1) is 10.2 Å². The van der Waals surface area contributed by atoms with Crippen molar-refractivity contribution in [3.63, 3.8) is 0 Å². The van der Waals surface area contributed by atoms with E-state index >= 15 is 0 Å². The molecule has 1 heterocycles. The van der Waals surface area contributed by atoms with Crippen LogP contribution in [0.15, 0.2) is 0 Å². The molecule has 1 aromatic rings. The highest BCUT2D eigenvalue weighted by Crippen LogP contribution is 2.15. The van der Waals surface area contributed by atoms with E-state index in [4.69, 9.17) is 0 Å². The molecule has 2 N–H and O–H groups in total.